The van der Waals surface area contributed by atoms with Crippen LogP contribution in [0.15, 0.2) is 36.7 Å². The lowest BCUT2D eigenvalue weighted by atomic mass is 10.0. The third-order valence-corrected chi connectivity index (χ3v) is 1.82. The van der Waals surface area contributed by atoms with Crippen LogP contribution < -0.4 is 5.32 Å². The van der Waals surface area contributed by atoms with Crippen LogP contribution in [0.3, 0.4) is 0 Å². The molecule has 1 N–H and O–H groups in total. The number of hydrogen-bond donors (Lipinski definition) is 1. The molecule has 0 saturated carbocycles. The smallest absolute Gasteiger partial charge is 0.0529 e. The topological polar surface area (TPSA) is 24.9 Å². The van der Waals surface area contributed by atoms with Crippen LogP contribution in [0.4, 0.5) is 0 Å². The Kier molecular flexibility index (Phi) is 3.00. The molecular formula is C10H14N2. The fraction of sp³-hybridized carbons (Fsp3) is 0.300. The van der Waals surface area contributed by atoms with Gasteiger partial charge < -0.3 is 5.32 Å². The Morgan fingerprint density at radius 1 is 1.50 bits per heavy atom. The molecule has 0 saturated heterocycles. The molecule has 2 nitrogen and oxygen atoms in total. The van der Waals surface area contributed by atoms with Gasteiger partial charge in [-0.05, 0) is 31.7 Å². The molecule has 0 aliphatic heterocycles. The summed E-state index contributed by atoms with van der Waals surface area (Å²) in [5.41, 5.74) is 2.32. The van der Waals surface area contributed by atoms with Crippen LogP contribution in [0.25, 0.3) is 0 Å². The molecule has 1 aromatic heterocycles. The van der Waals surface area contributed by atoms with Crippen LogP contribution in [-0.2, 0) is 0 Å². The predicted molar refractivity (Wildman–Crippen MR) is 50.9 cm³/mol. The fourth-order valence-corrected chi connectivity index (χ4v) is 1.25. The molecule has 2 heteroatoms. The van der Waals surface area contributed by atoms with Gasteiger partial charge in [-0.15, -0.1) is 0 Å². The highest BCUT2D eigenvalue weighted by Crippen LogP contribution is 2.17. The number of aromatic nitrogens is 1. The Hall–Kier alpha value is -1.15. The molecule has 1 aromatic rings. The van der Waals surface area contributed by atoms with E-state index >= 15 is 0 Å². The van der Waals surface area contributed by atoms with Gasteiger partial charge in [-0.2, -0.15) is 0 Å². The zero-order chi connectivity index (χ0) is 8.97. The van der Waals surface area contributed by atoms with E-state index in [0.29, 0.717) is 0 Å². The van der Waals surface area contributed by atoms with Crippen LogP contribution in [0, 0.1) is 0 Å². The highest BCUT2D eigenvalue weighted by atomic mass is 14.9. The van der Waals surface area contributed by atoms with Crippen LogP contribution in [0.5, 0.6) is 0 Å². The van der Waals surface area contributed by atoms with Crippen molar-refractivity contribution in [3.05, 3.63) is 42.2 Å². The molecule has 64 valence electrons. The van der Waals surface area contributed by atoms with Gasteiger partial charge >= 0.3 is 0 Å². The first-order chi connectivity index (χ1) is 5.75. The van der Waals surface area contributed by atoms with Gasteiger partial charge in [0.2, 0.25) is 0 Å². The van der Waals surface area contributed by atoms with E-state index in [0.717, 1.165) is 5.57 Å². The van der Waals surface area contributed by atoms with E-state index in [9.17, 15) is 0 Å². The minimum absolute atomic E-state index is 0.244. The lowest BCUT2D eigenvalue weighted by Crippen LogP contribution is -2.16. The Morgan fingerprint density at radius 2 is 2.08 bits per heavy atom. The fourth-order valence-electron chi connectivity index (χ4n) is 1.25. The summed E-state index contributed by atoms with van der Waals surface area (Å²) in [4.78, 5) is 3.96. The van der Waals surface area contributed by atoms with Crippen LogP contribution in [0.1, 0.15) is 18.5 Å². The van der Waals surface area contributed by atoms with Gasteiger partial charge in [0.15, 0.2) is 0 Å². The van der Waals surface area contributed by atoms with E-state index in [-0.39, 0.29) is 6.04 Å². The minimum Gasteiger partial charge on any atom is -0.310 e. The molecule has 1 rings (SSSR count). The van der Waals surface area contributed by atoms with Gasteiger partial charge in [0.05, 0.1) is 6.04 Å². The van der Waals surface area contributed by atoms with E-state index in [1.807, 2.05) is 26.1 Å². The summed E-state index contributed by atoms with van der Waals surface area (Å²) in [5.74, 6) is 0. The third-order valence-electron chi connectivity index (χ3n) is 1.82. The lowest BCUT2D eigenvalue weighted by molar-refractivity contribution is 0.679. The zero-order valence-electron chi connectivity index (χ0n) is 7.54. The quantitative estimate of drug-likeness (QED) is 0.687. The molecule has 0 aliphatic rings. The van der Waals surface area contributed by atoms with E-state index in [1.165, 1.54) is 5.56 Å². The van der Waals surface area contributed by atoms with E-state index in [1.54, 1.807) is 12.4 Å². The summed E-state index contributed by atoms with van der Waals surface area (Å²) in [6.45, 7) is 5.94. The third kappa shape index (κ3) is 1.92. The molecule has 0 fully saturated rings. The van der Waals surface area contributed by atoms with Gasteiger partial charge in [0, 0.05) is 12.4 Å². The Morgan fingerprint density at radius 3 is 2.50 bits per heavy atom. The molecule has 1 heterocycles. The average Bonchev–Trinajstić information content (AvgIpc) is 2.07. The summed E-state index contributed by atoms with van der Waals surface area (Å²) in [6.07, 6.45) is 3.59. The molecular weight excluding hydrogens is 148 g/mol. The highest BCUT2D eigenvalue weighted by Gasteiger charge is 2.07. The Bertz CT molecular complexity index is 254. The van der Waals surface area contributed by atoms with Gasteiger partial charge in [0.1, 0.15) is 0 Å². The molecule has 0 aliphatic carbocycles. The van der Waals surface area contributed by atoms with Crippen molar-refractivity contribution in [3.8, 4) is 0 Å². The number of hydrogen-bond acceptors (Lipinski definition) is 2. The van der Waals surface area contributed by atoms with Crippen molar-refractivity contribution in [1.29, 1.82) is 0 Å². The first-order valence-electron chi connectivity index (χ1n) is 3.98. The van der Waals surface area contributed by atoms with Crippen molar-refractivity contribution >= 4 is 0 Å². The van der Waals surface area contributed by atoms with Crippen molar-refractivity contribution in [2.75, 3.05) is 7.05 Å². The lowest BCUT2D eigenvalue weighted by Gasteiger charge is -2.15. The monoisotopic (exact) mass is 162 g/mol. The normalized spacial score (nSPS) is 12.5. The zero-order valence-corrected chi connectivity index (χ0v) is 7.54. The first kappa shape index (κ1) is 8.94. The standard InChI is InChI=1S/C10H14N2/c1-8(2)10(11-3)9-4-6-12-7-5-9/h4-7,10-11H,1H2,2-3H3. The second kappa shape index (κ2) is 4.02. The second-order valence-corrected chi connectivity index (χ2v) is 2.85. The van der Waals surface area contributed by atoms with E-state index < -0.39 is 0 Å². The van der Waals surface area contributed by atoms with Crippen LogP contribution in [-0.4, -0.2) is 12.0 Å². The van der Waals surface area contributed by atoms with Gasteiger partial charge in [-0.25, -0.2) is 0 Å². The maximum absolute atomic E-state index is 3.96. The summed E-state index contributed by atoms with van der Waals surface area (Å²) in [5, 5.41) is 3.19. The summed E-state index contributed by atoms with van der Waals surface area (Å²) >= 11 is 0. The second-order valence-electron chi connectivity index (χ2n) is 2.85. The Labute approximate surface area is 73.3 Å². The van der Waals surface area contributed by atoms with Gasteiger partial charge in [0.25, 0.3) is 0 Å². The van der Waals surface area contributed by atoms with Crippen molar-refractivity contribution in [2.45, 2.75) is 13.0 Å². The molecule has 12 heavy (non-hydrogen) atoms. The summed E-state index contributed by atoms with van der Waals surface area (Å²) in [7, 11) is 1.93. The number of nitrogens with zero attached hydrogens (tertiary/aromatic N) is 1. The largest absolute Gasteiger partial charge is 0.310 e. The molecule has 0 radical (unpaired) electrons. The van der Waals surface area contributed by atoms with Crippen molar-refractivity contribution in [2.24, 2.45) is 0 Å². The van der Waals surface area contributed by atoms with Crippen molar-refractivity contribution < 1.29 is 0 Å². The Balaban J connectivity index is 2.88. The molecule has 0 bridgehead atoms. The predicted octanol–water partition coefficient (Wildman–Crippen LogP) is 1.92. The molecule has 0 spiro atoms. The maximum Gasteiger partial charge on any atom is 0.0529 e. The number of likely N-dealkylation sites (N-methyl/N-ethyl adjacent to an activating group) is 1. The maximum atomic E-state index is 3.96. The van der Waals surface area contributed by atoms with Crippen molar-refractivity contribution in [1.82, 2.24) is 10.3 Å². The van der Waals surface area contributed by atoms with Gasteiger partial charge in [-0.1, -0.05) is 12.2 Å². The molecule has 0 aromatic carbocycles. The summed E-state index contributed by atoms with van der Waals surface area (Å²) in [6, 6.07) is 4.24. The van der Waals surface area contributed by atoms with E-state index in [4.69, 9.17) is 0 Å². The molecule has 0 amide bonds. The van der Waals surface area contributed by atoms with E-state index in [2.05, 4.69) is 16.9 Å². The first-order valence-corrected chi connectivity index (χ1v) is 3.98. The number of nitrogens with one attached hydrogen (secondary N) is 1. The summed E-state index contributed by atoms with van der Waals surface area (Å²) < 4.78 is 0. The van der Waals surface area contributed by atoms with Crippen LogP contribution in [0.2, 0.25) is 0 Å². The molecule has 1 unspecified atom stereocenters. The molecule has 1 atom stereocenters. The number of pyridine rings is 1. The highest BCUT2D eigenvalue weighted by molar-refractivity contribution is 5.23. The number of rotatable bonds is 3. The SMILES string of the molecule is C=C(C)C(NC)c1ccncc1. The minimum atomic E-state index is 0.244. The van der Waals surface area contributed by atoms with Crippen LogP contribution >= 0.6 is 0 Å². The van der Waals surface area contributed by atoms with Gasteiger partial charge in [-0.3, -0.25) is 4.98 Å². The average molecular weight is 162 g/mol. The van der Waals surface area contributed by atoms with Crippen molar-refractivity contribution in [3.63, 3.8) is 0 Å².